The number of nitrogens with two attached hydrogens (primary N) is 1. The van der Waals surface area contributed by atoms with Gasteiger partial charge in [-0.05, 0) is 37.8 Å². The van der Waals surface area contributed by atoms with Crippen LogP contribution in [0.15, 0.2) is 6.20 Å². The van der Waals surface area contributed by atoms with Gasteiger partial charge in [-0.25, -0.2) is 4.98 Å². The van der Waals surface area contributed by atoms with E-state index >= 15 is 0 Å². The van der Waals surface area contributed by atoms with Gasteiger partial charge in [0, 0.05) is 32.0 Å². The van der Waals surface area contributed by atoms with Crippen LogP contribution in [0.5, 0.6) is 0 Å². The van der Waals surface area contributed by atoms with Gasteiger partial charge in [-0.1, -0.05) is 12.8 Å². The van der Waals surface area contributed by atoms with Crippen LogP contribution in [0, 0.1) is 11.8 Å². The molecule has 1 rings (SSSR count). The van der Waals surface area contributed by atoms with Crippen molar-refractivity contribution in [2.75, 3.05) is 25.1 Å². The highest BCUT2D eigenvalue weighted by Gasteiger charge is 2.07. The Bertz CT molecular complexity index is 510. The fraction of sp³-hybridized carbons (Fsp3) is 0.600. The summed E-state index contributed by atoms with van der Waals surface area (Å²) in [6, 6.07) is 0.0362. The van der Waals surface area contributed by atoms with Gasteiger partial charge >= 0.3 is 0 Å². The highest BCUT2D eigenvalue weighted by molar-refractivity contribution is 6.28. The summed E-state index contributed by atoms with van der Waals surface area (Å²) in [6.45, 7) is 7.42. The van der Waals surface area contributed by atoms with Gasteiger partial charge in [0.15, 0.2) is 0 Å². The molecule has 1 aromatic rings. The molecule has 3 N–H and O–H groups in total. The molecule has 0 aliphatic heterocycles. The summed E-state index contributed by atoms with van der Waals surface area (Å²) < 4.78 is 10.8. The first kappa shape index (κ1) is 18.7. The van der Waals surface area contributed by atoms with Gasteiger partial charge in [0.2, 0.25) is 11.6 Å². The zero-order valence-electron chi connectivity index (χ0n) is 13.2. The lowest BCUT2D eigenvalue weighted by Gasteiger charge is -2.12. The highest BCUT2D eigenvalue weighted by atomic mass is 35.5. The summed E-state index contributed by atoms with van der Waals surface area (Å²) in [4.78, 5) is 8.11. The van der Waals surface area contributed by atoms with Crippen molar-refractivity contribution in [1.29, 1.82) is 0 Å². The van der Waals surface area contributed by atoms with Crippen LogP contribution in [0.3, 0.4) is 0 Å². The van der Waals surface area contributed by atoms with Gasteiger partial charge in [-0.15, -0.1) is 0 Å². The number of hydrogen-bond donors (Lipinski definition) is 2. The number of anilines is 1. The van der Waals surface area contributed by atoms with E-state index < -0.39 is 6.29 Å². The Kier molecular flexibility index (Phi) is 8.78. The van der Waals surface area contributed by atoms with E-state index in [1.807, 2.05) is 20.8 Å². The molecule has 0 bridgehead atoms. The van der Waals surface area contributed by atoms with Crippen LogP contribution in [0.2, 0.25) is 5.28 Å². The molecule has 0 aliphatic rings. The molecule has 22 heavy (non-hydrogen) atoms. The number of ether oxygens (including phenoxy) is 2. The lowest BCUT2D eigenvalue weighted by molar-refractivity contribution is -0.0969. The molecule has 7 heteroatoms. The molecule has 0 fully saturated rings. The van der Waals surface area contributed by atoms with E-state index in [-0.39, 0.29) is 11.3 Å². The topological polar surface area (TPSA) is 82.3 Å². The smallest absolute Gasteiger partial charge is 0.224 e. The monoisotopic (exact) mass is 326 g/mol. The Hall–Kier alpha value is -1.39. The number of rotatable bonds is 8. The van der Waals surface area contributed by atoms with E-state index in [1.54, 1.807) is 6.20 Å². The number of nitrogens with one attached hydrogen (secondary N) is 1. The quantitative estimate of drug-likeness (QED) is 0.432. The van der Waals surface area contributed by atoms with Crippen LogP contribution in [0.25, 0.3) is 0 Å². The largest absolute Gasteiger partial charge is 0.367 e. The summed E-state index contributed by atoms with van der Waals surface area (Å²) in [5, 5.41) is 3.30. The van der Waals surface area contributed by atoms with E-state index in [0.29, 0.717) is 31.1 Å². The number of nitrogens with zero attached hydrogens (tertiary/aromatic N) is 2. The Balaban J connectivity index is 2.89. The maximum atomic E-state index is 5.90. The second kappa shape index (κ2) is 10.4. The lowest BCUT2D eigenvalue weighted by atomic mass is 10.2. The minimum absolute atomic E-state index is 0.0362. The minimum Gasteiger partial charge on any atom is -0.367 e. The first-order chi connectivity index (χ1) is 10.6. The van der Waals surface area contributed by atoms with Crippen molar-refractivity contribution in [1.82, 2.24) is 9.97 Å². The first-order valence-electron chi connectivity index (χ1n) is 7.37. The van der Waals surface area contributed by atoms with Crippen molar-refractivity contribution in [3.63, 3.8) is 0 Å². The maximum Gasteiger partial charge on any atom is 0.224 e. The molecule has 0 amide bonds. The molecule has 6 nitrogen and oxygen atoms in total. The molecular formula is C15H23ClN4O2. The van der Waals surface area contributed by atoms with Crippen molar-refractivity contribution in [3.05, 3.63) is 17.0 Å². The van der Waals surface area contributed by atoms with Crippen molar-refractivity contribution < 1.29 is 9.47 Å². The van der Waals surface area contributed by atoms with Crippen molar-refractivity contribution in [2.24, 2.45) is 5.73 Å². The van der Waals surface area contributed by atoms with Crippen LogP contribution in [0.1, 0.15) is 32.8 Å². The Morgan fingerprint density at radius 3 is 2.59 bits per heavy atom. The lowest BCUT2D eigenvalue weighted by Crippen LogP contribution is -2.28. The van der Waals surface area contributed by atoms with Gasteiger partial charge in [0.25, 0.3) is 0 Å². The Morgan fingerprint density at radius 2 is 2.00 bits per heavy atom. The van der Waals surface area contributed by atoms with E-state index in [0.717, 1.165) is 6.42 Å². The third-order valence-corrected chi connectivity index (χ3v) is 2.96. The summed E-state index contributed by atoms with van der Waals surface area (Å²) in [5.41, 5.74) is 6.52. The zero-order chi connectivity index (χ0) is 16.4. The molecule has 1 atom stereocenters. The Labute approximate surface area is 136 Å². The fourth-order valence-electron chi connectivity index (χ4n) is 1.53. The second-order valence-electron chi connectivity index (χ2n) is 4.46. The van der Waals surface area contributed by atoms with Crippen LogP contribution in [-0.4, -0.2) is 42.1 Å². The van der Waals surface area contributed by atoms with Gasteiger partial charge in [0.05, 0.1) is 5.56 Å². The van der Waals surface area contributed by atoms with Gasteiger partial charge in [-0.3, -0.25) is 0 Å². The van der Waals surface area contributed by atoms with Crippen LogP contribution in [0.4, 0.5) is 5.82 Å². The molecule has 0 saturated carbocycles. The van der Waals surface area contributed by atoms with E-state index in [1.165, 1.54) is 0 Å². The highest BCUT2D eigenvalue weighted by Crippen LogP contribution is 2.13. The van der Waals surface area contributed by atoms with Crippen molar-refractivity contribution >= 4 is 17.4 Å². The number of hydrogen-bond acceptors (Lipinski definition) is 6. The Morgan fingerprint density at radius 1 is 1.32 bits per heavy atom. The summed E-state index contributed by atoms with van der Waals surface area (Å²) >= 11 is 5.84. The minimum atomic E-state index is -0.573. The van der Waals surface area contributed by atoms with Crippen LogP contribution in [-0.2, 0) is 9.47 Å². The normalized spacial score (nSPS) is 11.9. The predicted octanol–water partition coefficient (Wildman–Crippen LogP) is 2.03. The molecule has 0 radical (unpaired) electrons. The van der Waals surface area contributed by atoms with E-state index in [4.69, 9.17) is 26.8 Å². The molecule has 0 saturated heterocycles. The van der Waals surface area contributed by atoms with Gasteiger partial charge in [-0.2, -0.15) is 4.98 Å². The standard InChI is InChI=1S/C15H23ClN4O2/c1-4-12(17)10-18-14-11(9-19-15(16)20-14)7-8-13(21-5-2)22-6-3/h9,12-13H,4-6,10,17H2,1-3H3,(H,18,19,20). The third-order valence-electron chi connectivity index (χ3n) is 2.78. The molecule has 1 heterocycles. The average molecular weight is 327 g/mol. The predicted molar refractivity (Wildman–Crippen MR) is 87.7 cm³/mol. The first-order valence-corrected chi connectivity index (χ1v) is 7.75. The second-order valence-corrected chi connectivity index (χ2v) is 4.80. The summed E-state index contributed by atoms with van der Waals surface area (Å²) in [5.74, 6) is 6.43. The van der Waals surface area contributed by atoms with Crippen LogP contribution >= 0.6 is 11.6 Å². The molecule has 122 valence electrons. The summed E-state index contributed by atoms with van der Waals surface area (Å²) in [7, 11) is 0. The van der Waals surface area contributed by atoms with Crippen LogP contribution < -0.4 is 11.1 Å². The molecular weight excluding hydrogens is 304 g/mol. The van der Waals surface area contributed by atoms with Gasteiger partial charge < -0.3 is 20.5 Å². The SMILES string of the molecule is CCOC(C#Cc1cnc(Cl)nc1NCC(N)CC)OCC. The number of aromatic nitrogens is 2. The molecule has 1 unspecified atom stereocenters. The fourth-order valence-corrected chi connectivity index (χ4v) is 1.66. The molecule has 0 aliphatic carbocycles. The maximum absolute atomic E-state index is 5.90. The zero-order valence-corrected chi connectivity index (χ0v) is 14.0. The molecule has 0 spiro atoms. The number of halogens is 1. The van der Waals surface area contributed by atoms with E-state index in [9.17, 15) is 0 Å². The van der Waals surface area contributed by atoms with E-state index in [2.05, 4.69) is 27.1 Å². The average Bonchev–Trinajstić information content (AvgIpc) is 2.51. The van der Waals surface area contributed by atoms with Crippen molar-refractivity contribution in [3.8, 4) is 11.8 Å². The van der Waals surface area contributed by atoms with Gasteiger partial charge in [0.1, 0.15) is 5.82 Å². The molecule has 0 aromatic carbocycles. The summed E-state index contributed by atoms with van der Waals surface area (Å²) in [6.07, 6.45) is 1.86. The molecule has 1 aromatic heterocycles. The third kappa shape index (κ3) is 6.58. The van der Waals surface area contributed by atoms with Crippen molar-refractivity contribution in [2.45, 2.75) is 39.5 Å².